The van der Waals surface area contributed by atoms with E-state index in [2.05, 4.69) is 19.2 Å². The zero-order valence-electron chi connectivity index (χ0n) is 13.4. The van der Waals surface area contributed by atoms with Crippen LogP contribution in [0.3, 0.4) is 0 Å². The van der Waals surface area contributed by atoms with Gasteiger partial charge in [-0.15, -0.1) is 0 Å². The molecule has 0 aromatic rings. The Morgan fingerprint density at radius 3 is 2.43 bits per heavy atom. The number of amides is 1. The highest BCUT2D eigenvalue weighted by Gasteiger charge is 2.28. The molecule has 0 spiro atoms. The third-order valence-corrected chi connectivity index (χ3v) is 6.97. The fourth-order valence-corrected chi connectivity index (χ4v) is 5.31. The number of hydrogen-bond acceptors (Lipinski definition) is 3. The molecule has 2 fully saturated rings. The molecule has 4 nitrogen and oxygen atoms in total. The van der Waals surface area contributed by atoms with Crippen molar-refractivity contribution in [2.24, 2.45) is 17.3 Å². The minimum atomic E-state index is -2.91. The molecule has 0 bridgehead atoms. The fourth-order valence-electron chi connectivity index (χ4n) is 3.53. The summed E-state index contributed by atoms with van der Waals surface area (Å²) in [5, 5.41) is 3.02. The minimum absolute atomic E-state index is 0.0223. The molecule has 1 amide bonds. The first-order chi connectivity index (χ1) is 9.76. The number of hydrogen-bond donors (Lipinski definition) is 1. The summed E-state index contributed by atoms with van der Waals surface area (Å²) < 4.78 is 23.2. The van der Waals surface area contributed by atoms with Crippen molar-refractivity contribution in [1.29, 1.82) is 0 Å². The summed E-state index contributed by atoms with van der Waals surface area (Å²) >= 11 is 0. The van der Waals surface area contributed by atoms with Gasteiger partial charge in [-0.05, 0) is 55.8 Å². The second-order valence-electron chi connectivity index (χ2n) is 7.74. The Morgan fingerprint density at radius 1 is 1.14 bits per heavy atom. The van der Waals surface area contributed by atoms with Gasteiger partial charge in [0.1, 0.15) is 0 Å². The van der Waals surface area contributed by atoms with Crippen LogP contribution in [0.4, 0.5) is 0 Å². The van der Waals surface area contributed by atoms with Gasteiger partial charge in [-0.1, -0.05) is 13.8 Å². The lowest BCUT2D eigenvalue weighted by Crippen LogP contribution is -2.35. The van der Waals surface area contributed by atoms with Crippen LogP contribution >= 0.6 is 0 Å². The number of carbonyl (C=O) groups is 1. The van der Waals surface area contributed by atoms with Gasteiger partial charge >= 0.3 is 0 Å². The van der Waals surface area contributed by atoms with E-state index in [0.717, 1.165) is 13.0 Å². The summed E-state index contributed by atoms with van der Waals surface area (Å²) in [6.45, 7) is 5.38. The lowest BCUT2D eigenvalue weighted by Gasteiger charge is -2.34. The highest BCUT2D eigenvalue weighted by atomic mass is 32.2. The molecular formula is C16H29NO3S. The van der Waals surface area contributed by atoms with Crippen molar-refractivity contribution >= 4 is 15.7 Å². The SMILES string of the molecule is CC1(C)CCC(CNC(=O)CC2CCCS(=O)(=O)C2)CC1. The van der Waals surface area contributed by atoms with E-state index in [-0.39, 0.29) is 17.6 Å². The molecule has 1 N–H and O–H groups in total. The van der Waals surface area contributed by atoms with Gasteiger partial charge in [0.05, 0.1) is 11.5 Å². The van der Waals surface area contributed by atoms with E-state index >= 15 is 0 Å². The molecule has 2 aliphatic rings. The summed E-state index contributed by atoms with van der Waals surface area (Å²) in [5.74, 6) is 1.13. The summed E-state index contributed by atoms with van der Waals surface area (Å²) in [6, 6.07) is 0. The van der Waals surface area contributed by atoms with E-state index in [9.17, 15) is 13.2 Å². The Hall–Kier alpha value is -0.580. The molecule has 1 aliphatic carbocycles. The van der Waals surface area contributed by atoms with Crippen LogP contribution in [0, 0.1) is 17.3 Å². The lowest BCUT2D eigenvalue weighted by atomic mass is 9.73. The Balaban J connectivity index is 1.68. The largest absolute Gasteiger partial charge is 0.356 e. The smallest absolute Gasteiger partial charge is 0.220 e. The summed E-state index contributed by atoms with van der Waals surface area (Å²) in [5.41, 5.74) is 0.455. The first kappa shape index (κ1) is 16.8. The summed E-state index contributed by atoms with van der Waals surface area (Å²) in [7, 11) is -2.91. The van der Waals surface area contributed by atoms with Crippen molar-refractivity contribution in [2.45, 2.75) is 58.8 Å². The van der Waals surface area contributed by atoms with Crippen molar-refractivity contribution in [3.05, 3.63) is 0 Å². The third-order valence-electron chi connectivity index (χ3n) is 5.08. The van der Waals surface area contributed by atoms with Crippen molar-refractivity contribution in [3.63, 3.8) is 0 Å². The molecule has 2 rings (SSSR count). The standard InChI is InChI=1S/C16H29NO3S/c1-16(2)7-5-13(6-8-16)11-17-15(18)10-14-4-3-9-21(19,20)12-14/h13-14H,3-12H2,1-2H3,(H,17,18). The first-order valence-electron chi connectivity index (χ1n) is 8.23. The molecule has 1 unspecified atom stereocenters. The van der Waals surface area contributed by atoms with Crippen LogP contribution in [-0.4, -0.2) is 32.4 Å². The molecule has 1 saturated heterocycles. The molecule has 122 valence electrons. The molecule has 1 aliphatic heterocycles. The number of nitrogens with one attached hydrogen (secondary N) is 1. The Kier molecular flexibility index (Phi) is 5.33. The molecule has 0 aromatic heterocycles. The Labute approximate surface area is 129 Å². The lowest BCUT2D eigenvalue weighted by molar-refractivity contribution is -0.122. The molecular weight excluding hydrogens is 286 g/mol. The van der Waals surface area contributed by atoms with Gasteiger partial charge in [0.25, 0.3) is 0 Å². The summed E-state index contributed by atoms with van der Waals surface area (Å²) in [4.78, 5) is 12.0. The van der Waals surface area contributed by atoms with Crippen LogP contribution in [0.5, 0.6) is 0 Å². The number of carbonyl (C=O) groups excluding carboxylic acids is 1. The predicted octanol–water partition coefficient (Wildman–Crippen LogP) is 2.53. The first-order valence-corrected chi connectivity index (χ1v) is 10.0. The van der Waals surface area contributed by atoms with E-state index in [1.54, 1.807) is 0 Å². The van der Waals surface area contributed by atoms with E-state index in [1.807, 2.05) is 0 Å². The zero-order valence-corrected chi connectivity index (χ0v) is 14.2. The second-order valence-corrected chi connectivity index (χ2v) is 9.97. The second kappa shape index (κ2) is 6.67. The van der Waals surface area contributed by atoms with Crippen LogP contribution < -0.4 is 5.32 Å². The van der Waals surface area contributed by atoms with E-state index in [1.165, 1.54) is 25.7 Å². The third kappa shape index (κ3) is 5.61. The zero-order chi connectivity index (χ0) is 15.5. The van der Waals surface area contributed by atoms with E-state index in [4.69, 9.17) is 0 Å². The number of rotatable bonds is 4. The monoisotopic (exact) mass is 315 g/mol. The Morgan fingerprint density at radius 2 is 1.81 bits per heavy atom. The van der Waals surface area contributed by atoms with Gasteiger partial charge in [0.15, 0.2) is 9.84 Å². The van der Waals surface area contributed by atoms with Gasteiger partial charge in [0, 0.05) is 13.0 Å². The molecule has 1 heterocycles. The Bertz CT molecular complexity index is 460. The van der Waals surface area contributed by atoms with Crippen molar-refractivity contribution in [3.8, 4) is 0 Å². The van der Waals surface area contributed by atoms with Gasteiger partial charge in [-0.3, -0.25) is 4.79 Å². The van der Waals surface area contributed by atoms with Crippen LogP contribution in [0.1, 0.15) is 58.8 Å². The van der Waals surface area contributed by atoms with Crippen LogP contribution in [-0.2, 0) is 14.6 Å². The maximum Gasteiger partial charge on any atom is 0.220 e. The van der Waals surface area contributed by atoms with E-state index in [0.29, 0.717) is 29.9 Å². The average Bonchev–Trinajstić information content (AvgIpc) is 2.36. The van der Waals surface area contributed by atoms with Gasteiger partial charge in [-0.2, -0.15) is 0 Å². The molecule has 5 heteroatoms. The average molecular weight is 315 g/mol. The van der Waals surface area contributed by atoms with E-state index < -0.39 is 9.84 Å². The summed E-state index contributed by atoms with van der Waals surface area (Å²) in [6.07, 6.45) is 6.78. The van der Waals surface area contributed by atoms with Crippen molar-refractivity contribution < 1.29 is 13.2 Å². The quantitative estimate of drug-likeness (QED) is 0.867. The molecule has 1 atom stereocenters. The van der Waals surface area contributed by atoms with Gasteiger partial charge in [0.2, 0.25) is 5.91 Å². The molecule has 0 aromatic carbocycles. The maximum atomic E-state index is 12.0. The van der Waals surface area contributed by atoms with Gasteiger partial charge < -0.3 is 5.32 Å². The van der Waals surface area contributed by atoms with Crippen LogP contribution in [0.25, 0.3) is 0 Å². The molecule has 1 saturated carbocycles. The highest BCUT2D eigenvalue weighted by molar-refractivity contribution is 7.91. The maximum absolute atomic E-state index is 12.0. The number of sulfone groups is 1. The van der Waals surface area contributed by atoms with Crippen molar-refractivity contribution in [2.75, 3.05) is 18.1 Å². The minimum Gasteiger partial charge on any atom is -0.356 e. The molecule has 21 heavy (non-hydrogen) atoms. The fraction of sp³-hybridized carbons (Fsp3) is 0.938. The van der Waals surface area contributed by atoms with Crippen LogP contribution in [0.2, 0.25) is 0 Å². The normalized spacial score (nSPS) is 29.0. The molecule has 0 radical (unpaired) electrons. The predicted molar refractivity (Wildman–Crippen MR) is 84.7 cm³/mol. The van der Waals surface area contributed by atoms with Crippen molar-refractivity contribution in [1.82, 2.24) is 5.32 Å². The van der Waals surface area contributed by atoms with Gasteiger partial charge in [-0.25, -0.2) is 8.42 Å². The topological polar surface area (TPSA) is 63.2 Å². The van der Waals surface area contributed by atoms with Crippen LogP contribution in [0.15, 0.2) is 0 Å². The highest BCUT2D eigenvalue weighted by Crippen LogP contribution is 2.37.